The quantitative estimate of drug-likeness (QED) is 0.296. The lowest BCUT2D eigenvalue weighted by molar-refractivity contribution is 0.246. The van der Waals surface area contributed by atoms with Gasteiger partial charge >= 0.3 is 6.03 Å². The van der Waals surface area contributed by atoms with E-state index in [4.69, 9.17) is 9.97 Å². The number of carbonyl (C=O) groups is 1. The molecule has 0 bridgehead atoms. The number of rotatable bonds is 9. The molecule has 8 nitrogen and oxygen atoms in total. The van der Waals surface area contributed by atoms with Crippen molar-refractivity contribution in [1.82, 2.24) is 24.6 Å². The van der Waals surface area contributed by atoms with Crippen molar-refractivity contribution in [3.05, 3.63) is 82.8 Å². The van der Waals surface area contributed by atoms with Crippen molar-refractivity contribution in [3.8, 4) is 5.69 Å². The fourth-order valence-electron chi connectivity index (χ4n) is 4.59. The maximum atomic E-state index is 12.4. The van der Waals surface area contributed by atoms with Crippen LogP contribution in [0.25, 0.3) is 16.9 Å². The number of carbonyl (C=O) groups excluding carboxylic acids is 1. The van der Waals surface area contributed by atoms with E-state index in [2.05, 4.69) is 41.4 Å². The monoisotopic (exact) mass is 533 g/mol. The number of imidazole rings is 1. The lowest BCUT2D eigenvalue weighted by atomic mass is 10.1. The standard InChI is InChI=1S/C29H35N5O3S/c1-6-7-20(3)27-32-26-21(4)18-22(5)31-28(26)34(27)24-12-10-23(11-13-24)16-17-30-29(35)33-38(36,37)25-14-8-19(2)9-15-25/h8-15,18,20H,6-7,16-17H2,1-5H3,(H2,30,33,35). The summed E-state index contributed by atoms with van der Waals surface area (Å²) in [5.74, 6) is 1.29. The van der Waals surface area contributed by atoms with Crippen molar-refractivity contribution in [2.45, 2.75) is 64.7 Å². The van der Waals surface area contributed by atoms with Gasteiger partial charge in [-0.25, -0.2) is 27.9 Å². The van der Waals surface area contributed by atoms with Crippen LogP contribution in [0.2, 0.25) is 0 Å². The summed E-state index contributed by atoms with van der Waals surface area (Å²) in [5, 5.41) is 2.63. The van der Waals surface area contributed by atoms with Crippen molar-refractivity contribution in [2.75, 3.05) is 6.54 Å². The number of fused-ring (bicyclic) bond motifs is 1. The van der Waals surface area contributed by atoms with Crippen LogP contribution in [0.5, 0.6) is 0 Å². The third kappa shape index (κ3) is 6.05. The van der Waals surface area contributed by atoms with Crippen LogP contribution >= 0.6 is 0 Å². The van der Waals surface area contributed by atoms with Crippen LogP contribution in [0.4, 0.5) is 4.79 Å². The smallest absolute Gasteiger partial charge is 0.328 e. The Labute approximate surface area is 224 Å². The van der Waals surface area contributed by atoms with Crippen LogP contribution in [0.15, 0.2) is 59.5 Å². The summed E-state index contributed by atoms with van der Waals surface area (Å²) < 4.78 is 29.0. The van der Waals surface area contributed by atoms with Gasteiger partial charge in [0.1, 0.15) is 11.3 Å². The first kappa shape index (κ1) is 27.3. The van der Waals surface area contributed by atoms with Crippen molar-refractivity contribution in [3.63, 3.8) is 0 Å². The number of sulfonamides is 1. The molecule has 2 amide bonds. The van der Waals surface area contributed by atoms with E-state index in [0.29, 0.717) is 13.0 Å². The topological polar surface area (TPSA) is 106 Å². The summed E-state index contributed by atoms with van der Waals surface area (Å²) in [6.45, 7) is 10.6. The lowest BCUT2D eigenvalue weighted by Gasteiger charge is -2.14. The van der Waals surface area contributed by atoms with Gasteiger partial charge in [-0.15, -0.1) is 0 Å². The number of nitrogens with one attached hydrogen (secondary N) is 2. The highest BCUT2D eigenvalue weighted by Crippen LogP contribution is 2.29. The van der Waals surface area contributed by atoms with E-state index in [0.717, 1.165) is 57.9 Å². The van der Waals surface area contributed by atoms with Crippen molar-refractivity contribution in [1.29, 1.82) is 0 Å². The molecule has 2 N–H and O–H groups in total. The molecule has 38 heavy (non-hydrogen) atoms. The second kappa shape index (κ2) is 11.3. The molecule has 9 heteroatoms. The fourth-order valence-corrected chi connectivity index (χ4v) is 5.52. The van der Waals surface area contributed by atoms with Gasteiger partial charge in [0.05, 0.1) is 4.90 Å². The number of nitrogens with zero attached hydrogens (tertiary/aromatic N) is 3. The number of aryl methyl sites for hydroxylation is 3. The Hall–Kier alpha value is -3.72. The highest BCUT2D eigenvalue weighted by Gasteiger charge is 2.20. The summed E-state index contributed by atoms with van der Waals surface area (Å²) in [6, 6.07) is 15.8. The number of pyridine rings is 1. The molecule has 0 saturated heterocycles. The van der Waals surface area contributed by atoms with Crippen LogP contribution in [0.3, 0.4) is 0 Å². The summed E-state index contributed by atoms with van der Waals surface area (Å²) in [4.78, 5) is 22.1. The predicted octanol–water partition coefficient (Wildman–Crippen LogP) is 5.48. The zero-order valence-electron chi connectivity index (χ0n) is 22.6. The van der Waals surface area contributed by atoms with Gasteiger partial charge in [0.15, 0.2) is 5.65 Å². The molecule has 2 aromatic heterocycles. The molecule has 1 atom stereocenters. The van der Waals surface area contributed by atoms with Crippen molar-refractivity contribution in [2.24, 2.45) is 0 Å². The Morgan fingerprint density at radius 2 is 1.68 bits per heavy atom. The first-order valence-corrected chi connectivity index (χ1v) is 14.4. The first-order valence-electron chi connectivity index (χ1n) is 12.9. The number of hydrogen-bond donors (Lipinski definition) is 2. The molecule has 0 radical (unpaired) electrons. The Morgan fingerprint density at radius 1 is 1.00 bits per heavy atom. The Kier molecular flexibility index (Phi) is 8.16. The molecule has 4 rings (SSSR count). The molecule has 200 valence electrons. The van der Waals surface area contributed by atoms with Gasteiger partial charge in [0, 0.05) is 23.8 Å². The van der Waals surface area contributed by atoms with E-state index < -0.39 is 16.1 Å². The van der Waals surface area contributed by atoms with Crippen LogP contribution in [-0.4, -0.2) is 35.5 Å². The van der Waals surface area contributed by atoms with Gasteiger partial charge in [0.25, 0.3) is 10.0 Å². The highest BCUT2D eigenvalue weighted by atomic mass is 32.2. The number of aromatic nitrogens is 3. The molecule has 4 aromatic rings. The predicted molar refractivity (Wildman–Crippen MR) is 150 cm³/mol. The minimum Gasteiger partial charge on any atom is -0.337 e. The zero-order valence-corrected chi connectivity index (χ0v) is 23.4. The van der Waals surface area contributed by atoms with Gasteiger partial charge in [-0.3, -0.25) is 4.57 Å². The molecule has 0 aliphatic rings. The van der Waals surface area contributed by atoms with Gasteiger partial charge < -0.3 is 5.32 Å². The van der Waals surface area contributed by atoms with Crippen LogP contribution in [-0.2, 0) is 16.4 Å². The highest BCUT2D eigenvalue weighted by molar-refractivity contribution is 7.90. The molecule has 0 aliphatic carbocycles. The van der Waals surface area contributed by atoms with Gasteiger partial charge in [-0.05, 0) is 75.1 Å². The Balaban J connectivity index is 1.46. The summed E-state index contributed by atoms with van der Waals surface area (Å²) >= 11 is 0. The lowest BCUT2D eigenvalue weighted by Crippen LogP contribution is -2.40. The van der Waals surface area contributed by atoms with Crippen molar-refractivity contribution < 1.29 is 13.2 Å². The normalized spacial score (nSPS) is 12.4. The van der Waals surface area contributed by atoms with Crippen LogP contribution in [0.1, 0.15) is 60.8 Å². The van der Waals surface area contributed by atoms with E-state index >= 15 is 0 Å². The van der Waals surface area contributed by atoms with Gasteiger partial charge in [-0.2, -0.15) is 0 Å². The molecule has 0 aliphatic heterocycles. The number of benzene rings is 2. The van der Waals surface area contributed by atoms with E-state index in [9.17, 15) is 13.2 Å². The summed E-state index contributed by atoms with van der Waals surface area (Å²) in [7, 11) is -3.92. The van der Waals surface area contributed by atoms with E-state index in [1.807, 2.05) is 38.1 Å². The third-order valence-electron chi connectivity index (χ3n) is 6.57. The summed E-state index contributed by atoms with van der Waals surface area (Å²) in [5.41, 5.74) is 6.80. The van der Waals surface area contributed by atoms with E-state index in [-0.39, 0.29) is 10.8 Å². The summed E-state index contributed by atoms with van der Waals surface area (Å²) in [6.07, 6.45) is 2.66. The Morgan fingerprint density at radius 3 is 2.34 bits per heavy atom. The van der Waals surface area contributed by atoms with E-state index in [1.54, 1.807) is 12.1 Å². The van der Waals surface area contributed by atoms with Gasteiger partial charge in [0.2, 0.25) is 0 Å². The largest absolute Gasteiger partial charge is 0.337 e. The molecule has 2 heterocycles. The molecule has 0 spiro atoms. The van der Waals surface area contributed by atoms with E-state index in [1.165, 1.54) is 12.1 Å². The first-order chi connectivity index (χ1) is 18.1. The average Bonchev–Trinajstić information content (AvgIpc) is 3.24. The molecule has 2 aromatic carbocycles. The van der Waals surface area contributed by atoms with Crippen LogP contribution < -0.4 is 10.0 Å². The minimum atomic E-state index is -3.92. The molecule has 1 unspecified atom stereocenters. The second-order valence-corrected chi connectivity index (χ2v) is 11.5. The Bertz CT molecular complexity index is 1540. The fraction of sp³-hybridized carbons (Fsp3) is 0.345. The minimum absolute atomic E-state index is 0.0494. The molecular formula is C29H35N5O3S. The van der Waals surface area contributed by atoms with Crippen LogP contribution in [0, 0.1) is 20.8 Å². The maximum absolute atomic E-state index is 12.4. The van der Waals surface area contributed by atoms with Crippen molar-refractivity contribution >= 4 is 27.2 Å². The molecular weight excluding hydrogens is 498 g/mol. The van der Waals surface area contributed by atoms with Gasteiger partial charge in [-0.1, -0.05) is 50.1 Å². The third-order valence-corrected chi connectivity index (χ3v) is 7.92. The maximum Gasteiger partial charge on any atom is 0.328 e. The SMILES string of the molecule is CCCC(C)c1nc2c(C)cc(C)nc2n1-c1ccc(CCNC(=O)NS(=O)(=O)c2ccc(C)cc2)cc1. The number of urea groups is 1. The number of amides is 2. The second-order valence-electron chi connectivity index (χ2n) is 9.84. The zero-order chi connectivity index (χ0) is 27.4. The molecule has 0 saturated carbocycles. The average molecular weight is 534 g/mol. The number of hydrogen-bond acceptors (Lipinski definition) is 5. The molecule has 0 fully saturated rings.